The van der Waals surface area contributed by atoms with Crippen molar-refractivity contribution in [3.63, 3.8) is 0 Å². The Hall–Kier alpha value is -1.01. The van der Waals surface area contributed by atoms with Gasteiger partial charge in [0.05, 0.1) is 38.6 Å². The summed E-state index contributed by atoms with van der Waals surface area (Å²) >= 11 is 6.42. The van der Waals surface area contributed by atoms with E-state index in [1.54, 1.807) is 21.3 Å². The lowest BCUT2D eigenvalue weighted by Crippen LogP contribution is -2.43. The van der Waals surface area contributed by atoms with Crippen molar-refractivity contribution < 1.29 is 18.9 Å². The molecule has 0 N–H and O–H groups in total. The largest absolute Gasteiger partial charge is 0.493 e. The first-order valence-electron chi connectivity index (χ1n) is 6.91. The first kappa shape index (κ1) is 16.4. The molecule has 1 saturated heterocycles. The van der Waals surface area contributed by atoms with Gasteiger partial charge in [0, 0.05) is 26.7 Å². The van der Waals surface area contributed by atoms with Crippen LogP contribution in [0.3, 0.4) is 0 Å². The number of methoxy groups -OCH3 is 3. The van der Waals surface area contributed by atoms with Crippen LogP contribution in [0.1, 0.15) is 5.56 Å². The summed E-state index contributed by atoms with van der Waals surface area (Å²) < 4.78 is 21.4. The molecule has 1 aromatic carbocycles. The van der Waals surface area contributed by atoms with Gasteiger partial charge in [0.25, 0.3) is 0 Å². The molecule has 1 atom stereocenters. The molecule has 1 aromatic rings. The van der Waals surface area contributed by atoms with Crippen LogP contribution < -0.4 is 9.47 Å². The molecular formula is C15H22ClNO4. The maximum absolute atomic E-state index is 6.42. The Kier molecular flexibility index (Phi) is 6.11. The fourth-order valence-electron chi connectivity index (χ4n) is 2.50. The molecule has 0 radical (unpaired) electrons. The highest BCUT2D eigenvalue weighted by atomic mass is 35.5. The Balaban J connectivity index is 2.09. The van der Waals surface area contributed by atoms with Crippen molar-refractivity contribution in [3.05, 3.63) is 22.7 Å². The van der Waals surface area contributed by atoms with Crippen molar-refractivity contribution in [2.75, 3.05) is 47.6 Å². The van der Waals surface area contributed by atoms with Crippen LogP contribution in [0.2, 0.25) is 5.02 Å². The van der Waals surface area contributed by atoms with Gasteiger partial charge in [-0.3, -0.25) is 4.90 Å². The highest BCUT2D eigenvalue weighted by molar-refractivity contribution is 6.33. The van der Waals surface area contributed by atoms with Gasteiger partial charge in [-0.1, -0.05) is 17.7 Å². The van der Waals surface area contributed by atoms with Gasteiger partial charge in [-0.25, -0.2) is 0 Å². The van der Waals surface area contributed by atoms with Gasteiger partial charge in [-0.05, 0) is 11.6 Å². The molecule has 1 aliphatic heterocycles. The van der Waals surface area contributed by atoms with E-state index < -0.39 is 0 Å². The van der Waals surface area contributed by atoms with Gasteiger partial charge in [-0.15, -0.1) is 0 Å². The lowest BCUT2D eigenvalue weighted by Gasteiger charge is -2.32. The third-order valence-electron chi connectivity index (χ3n) is 3.53. The minimum absolute atomic E-state index is 0.114. The molecule has 5 nitrogen and oxygen atoms in total. The Morgan fingerprint density at radius 3 is 2.76 bits per heavy atom. The Morgan fingerprint density at radius 2 is 2.10 bits per heavy atom. The molecule has 2 rings (SSSR count). The molecule has 0 aliphatic carbocycles. The van der Waals surface area contributed by atoms with E-state index in [0.29, 0.717) is 29.7 Å². The Morgan fingerprint density at radius 1 is 1.29 bits per heavy atom. The highest BCUT2D eigenvalue weighted by Gasteiger charge is 2.22. The lowest BCUT2D eigenvalue weighted by molar-refractivity contribution is -0.0631. The SMILES string of the molecule is COCC1CN(Cc2ccc(OC)c(OC)c2Cl)CCO1. The number of hydrogen-bond donors (Lipinski definition) is 0. The Bertz CT molecular complexity index is 467. The molecule has 6 heteroatoms. The molecule has 0 amide bonds. The average Bonchev–Trinajstić information content (AvgIpc) is 2.50. The summed E-state index contributed by atoms with van der Waals surface area (Å²) in [6.45, 7) is 3.78. The quantitative estimate of drug-likeness (QED) is 0.805. The number of halogens is 1. The fraction of sp³-hybridized carbons (Fsp3) is 0.600. The van der Waals surface area contributed by atoms with Crippen LogP contribution in [-0.4, -0.2) is 58.6 Å². The third-order valence-corrected chi connectivity index (χ3v) is 3.95. The monoisotopic (exact) mass is 315 g/mol. The zero-order valence-corrected chi connectivity index (χ0v) is 13.5. The summed E-state index contributed by atoms with van der Waals surface area (Å²) in [6, 6.07) is 3.86. The van der Waals surface area contributed by atoms with E-state index in [4.69, 9.17) is 30.5 Å². The number of rotatable bonds is 6. The van der Waals surface area contributed by atoms with Gasteiger partial charge in [0.2, 0.25) is 0 Å². The molecule has 1 heterocycles. The molecule has 1 aliphatic rings. The maximum atomic E-state index is 6.42. The van der Waals surface area contributed by atoms with Crippen molar-refractivity contribution in [1.82, 2.24) is 4.90 Å². The van der Waals surface area contributed by atoms with Gasteiger partial charge in [0.1, 0.15) is 0 Å². The average molecular weight is 316 g/mol. The fourth-order valence-corrected chi connectivity index (χ4v) is 2.80. The molecule has 1 unspecified atom stereocenters. The number of benzene rings is 1. The first-order chi connectivity index (χ1) is 10.2. The molecule has 118 valence electrons. The van der Waals surface area contributed by atoms with Gasteiger partial charge in [0.15, 0.2) is 11.5 Å². The second-order valence-corrected chi connectivity index (χ2v) is 5.34. The smallest absolute Gasteiger partial charge is 0.179 e. The molecular weight excluding hydrogens is 294 g/mol. The van der Waals surface area contributed by atoms with Gasteiger partial charge >= 0.3 is 0 Å². The van der Waals surface area contributed by atoms with Crippen LogP contribution in [0.15, 0.2) is 12.1 Å². The van der Waals surface area contributed by atoms with E-state index in [9.17, 15) is 0 Å². The maximum Gasteiger partial charge on any atom is 0.179 e. The molecule has 0 saturated carbocycles. The van der Waals surface area contributed by atoms with Crippen molar-refractivity contribution in [2.24, 2.45) is 0 Å². The van der Waals surface area contributed by atoms with Gasteiger partial charge < -0.3 is 18.9 Å². The summed E-state index contributed by atoms with van der Waals surface area (Å²) in [5, 5.41) is 0.603. The number of nitrogens with zero attached hydrogens (tertiary/aromatic N) is 1. The van der Waals surface area contributed by atoms with Crippen LogP contribution in [0.4, 0.5) is 0 Å². The summed E-state index contributed by atoms with van der Waals surface area (Å²) in [7, 11) is 4.88. The second kappa shape index (κ2) is 7.84. The summed E-state index contributed by atoms with van der Waals surface area (Å²) in [4.78, 5) is 2.31. The molecule has 21 heavy (non-hydrogen) atoms. The van der Waals surface area contributed by atoms with Crippen molar-refractivity contribution >= 4 is 11.6 Å². The van der Waals surface area contributed by atoms with Crippen LogP contribution >= 0.6 is 11.6 Å². The highest BCUT2D eigenvalue weighted by Crippen LogP contribution is 2.37. The zero-order chi connectivity index (χ0) is 15.2. The number of hydrogen-bond acceptors (Lipinski definition) is 5. The van der Waals surface area contributed by atoms with E-state index in [0.717, 1.165) is 25.2 Å². The topological polar surface area (TPSA) is 40.2 Å². The van der Waals surface area contributed by atoms with Gasteiger partial charge in [-0.2, -0.15) is 0 Å². The predicted molar refractivity (Wildman–Crippen MR) is 81.4 cm³/mol. The number of morpholine rings is 1. The van der Waals surface area contributed by atoms with Crippen LogP contribution in [0.5, 0.6) is 11.5 Å². The number of ether oxygens (including phenoxy) is 4. The van der Waals surface area contributed by atoms with Crippen LogP contribution in [0, 0.1) is 0 Å². The van der Waals surface area contributed by atoms with Crippen molar-refractivity contribution in [1.29, 1.82) is 0 Å². The summed E-state index contributed by atoms with van der Waals surface area (Å²) in [6.07, 6.45) is 0.114. The molecule has 0 spiro atoms. The normalized spacial score (nSPS) is 19.5. The second-order valence-electron chi connectivity index (χ2n) is 4.96. The minimum atomic E-state index is 0.114. The van der Waals surface area contributed by atoms with Crippen molar-refractivity contribution in [2.45, 2.75) is 12.6 Å². The summed E-state index contributed by atoms with van der Waals surface area (Å²) in [5.74, 6) is 1.23. The van der Waals surface area contributed by atoms with Crippen molar-refractivity contribution in [3.8, 4) is 11.5 Å². The Labute approximate surface area is 130 Å². The third kappa shape index (κ3) is 4.01. The van der Waals surface area contributed by atoms with E-state index in [1.165, 1.54) is 0 Å². The molecule has 1 fully saturated rings. The molecule has 0 aromatic heterocycles. The van der Waals surface area contributed by atoms with E-state index in [-0.39, 0.29) is 6.10 Å². The van der Waals surface area contributed by atoms with Crippen LogP contribution in [-0.2, 0) is 16.0 Å². The van der Waals surface area contributed by atoms with E-state index in [1.807, 2.05) is 12.1 Å². The first-order valence-corrected chi connectivity index (χ1v) is 7.29. The van der Waals surface area contributed by atoms with E-state index in [2.05, 4.69) is 4.90 Å². The summed E-state index contributed by atoms with van der Waals surface area (Å²) in [5.41, 5.74) is 1.02. The molecule has 0 bridgehead atoms. The van der Waals surface area contributed by atoms with Crippen LogP contribution in [0.25, 0.3) is 0 Å². The zero-order valence-electron chi connectivity index (χ0n) is 12.7. The predicted octanol–water partition coefficient (Wildman–Crippen LogP) is 2.20. The lowest BCUT2D eigenvalue weighted by atomic mass is 10.1. The standard InChI is InChI=1S/C15H22ClNO4/c1-18-10-12-9-17(6-7-21-12)8-11-4-5-13(19-2)15(20-3)14(11)16/h4-5,12H,6-10H2,1-3H3. The van der Waals surface area contributed by atoms with E-state index >= 15 is 0 Å². The minimum Gasteiger partial charge on any atom is -0.493 e.